The van der Waals surface area contributed by atoms with Crippen molar-refractivity contribution in [2.75, 3.05) is 18.5 Å². The van der Waals surface area contributed by atoms with Crippen molar-refractivity contribution in [3.63, 3.8) is 0 Å². The second-order valence-electron chi connectivity index (χ2n) is 4.45. The van der Waals surface area contributed by atoms with Gasteiger partial charge in [-0.15, -0.1) is 0 Å². The molecule has 88 valence electrons. The number of rotatable bonds is 2. The molecule has 0 bridgehead atoms. The van der Waals surface area contributed by atoms with E-state index in [1.165, 1.54) is 0 Å². The van der Waals surface area contributed by atoms with E-state index in [0.717, 1.165) is 37.3 Å². The summed E-state index contributed by atoms with van der Waals surface area (Å²) < 4.78 is 1.87. The number of carbonyl (C=O) groups is 1. The highest BCUT2D eigenvalue weighted by Crippen LogP contribution is 2.13. The molecule has 2 rings (SSSR count). The first-order chi connectivity index (χ1) is 7.68. The number of hydrogen-bond acceptors (Lipinski definition) is 2. The van der Waals surface area contributed by atoms with Crippen LogP contribution in [0, 0.1) is 19.8 Å². The van der Waals surface area contributed by atoms with Crippen LogP contribution in [0.3, 0.4) is 0 Å². The van der Waals surface area contributed by atoms with Crippen LogP contribution in [0.2, 0.25) is 0 Å². The molecule has 2 heterocycles. The summed E-state index contributed by atoms with van der Waals surface area (Å²) in [5.74, 6) is 0.298. The summed E-state index contributed by atoms with van der Waals surface area (Å²) in [5.41, 5.74) is 5.12. The molecule has 16 heavy (non-hydrogen) atoms. The van der Waals surface area contributed by atoms with Crippen molar-refractivity contribution in [2.24, 2.45) is 5.92 Å². The van der Waals surface area contributed by atoms with Crippen LogP contribution < -0.4 is 10.7 Å². The van der Waals surface area contributed by atoms with Crippen molar-refractivity contribution < 1.29 is 4.79 Å². The van der Waals surface area contributed by atoms with Gasteiger partial charge in [0.2, 0.25) is 5.91 Å². The molecule has 0 spiro atoms. The van der Waals surface area contributed by atoms with Crippen LogP contribution in [0.25, 0.3) is 0 Å². The fraction of sp³-hybridized carbons (Fsp3) is 0.583. The fourth-order valence-electron chi connectivity index (χ4n) is 2.13. The molecule has 4 heteroatoms. The van der Waals surface area contributed by atoms with Crippen molar-refractivity contribution in [3.05, 3.63) is 23.5 Å². The number of hydrogen-bond donors (Lipinski definition) is 2. The van der Waals surface area contributed by atoms with Crippen LogP contribution >= 0.6 is 0 Å². The molecular weight excluding hydrogens is 202 g/mol. The van der Waals surface area contributed by atoms with Gasteiger partial charge in [-0.05, 0) is 51.9 Å². The quantitative estimate of drug-likeness (QED) is 0.787. The summed E-state index contributed by atoms with van der Waals surface area (Å²) in [4.78, 5) is 12.0. The van der Waals surface area contributed by atoms with Crippen molar-refractivity contribution >= 4 is 5.91 Å². The minimum atomic E-state index is 0.143. The monoisotopic (exact) mass is 221 g/mol. The molecule has 1 amide bonds. The Hall–Kier alpha value is -1.29. The molecule has 0 atom stereocenters. The zero-order chi connectivity index (χ0) is 11.5. The lowest BCUT2D eigenvalue weighted by molar-refractivity contribution is -0.121. The highest BCUT2D eigenvalue weighted by molar-refractivity contribution is 5.86. The third-order valence-electron chi connectivity index (χ3n) is 3.20. The third kappa shape index (κ3) is 2.27. The van der Waals surface area contributed by atoms with Crippen LogP contribution in [-0.4, -0.2) is 23.7 Å². The van der Waals surface area contributed by atoms with Crippen molar-refractivity contribution in [3.8, 4) is 0 Å². The number of amides is 1. The van der Waals surface area contributed by atoms with Gasteiger partial charge >= 0.3 is 0 Å². The lowest BCUT2D eigenvalue weighted by Crippen LogP contribution is -2.37. The maximum Gasteiger partial charge on any atom is 0.242 e. The minimum absolute atomic E-state index is 0.143. The molecule has 0 aromatic carbocycles. The first-order valence-electron chi connectivity index (χ1n) is 5.85. The van der Waals surface area contributed by atoms with E-state index in [1.807, 2.05) is 30.7 Å². The zero-order valence-corrected chi connectivity index (χ0v) is 9.92. The Balaban J connectivity index is 2.01. The van der Waals surface area contributed by atoms with E-state index in [0.29, 0.717) is 0 Å². The van der Waals surface area contributed by atoms with Gasteiger partial charge in [0.15, 0.2) is 0 Å². The van der Waals surface area contributed by atoms with Crippen LogP contribution in [0.15, 0.2) is 12.1 Å². The van der Waals surface area contributed by atoms with Gasteiger partial charge < -0.3 is 5.32 Å². The third-order valence-corrected chi connectivity index (χ3v) is 3.20. The predicted octanol–water partition coefficient (Wildman–Crippen LogP) is 1.17. The molecule has 1 aliphatic rings. The summed E-state index contributed by atoms with van der Waals surface area (Å²) in [6, 6.07) is 4.02. The molecular formula is C12H19N3O. The van der Waals surface area contributed by atoms with Gasteiger partial charge in [-0.1, -0.05) is 0 Å². The second kappa shape index (κ2) is 4.70. The summed E-state index contributed by atoms with van der Waals surface area (Å²) in [5, 5.41) is 3.26. The van der Waals surface area contributed by atoms with E-state index in [-0.39, 0.29) is 11.8 Å². The van der Waals surface area contributed by atoms with E-state index in [2.05, 4.69) is 10.7 Å². The summed E-state index contributed by atoms with van der Waals surface area (Å²) in [6.45, 7) is 5.88. The molecule has 0 saturated carbocycles. The highest BCUT2D eigenvalue weighted by Gasteiger charge is 2.21. The first-order valence-corrected chi connectivity index (χ1v) is 5.85. The molecule has 1 aromatic rings. The number of aryl methyl sites for hydroxylation is 2. The zero-order valence-electron chi connectivity index (χ0n) is 9.92. The Labute approximate surface area is 96.0 Å². The lowest BCUT2D eigenvalue weighted by Gasteiger charge is -2.22. The smallest absolute Gasteiger partial charge is 0.242 e. The first kappa shape index (κ1) is 11.2. The molecule has 4 nitrogen and oxygen atoms in total. The minimum Gasteiger partial charge on any atom is -0.317 e. The molecule has 1 aliphatic heterocycles. The Morgan fingerprint density at radius 2 is 1.88 bits per heavy atom. The maximum atomic E-state index is 12.0. The van der Waals surface area contributed by atoms with E-state index >= 15 is 0 Å². The van der Waals surface area contributed by atoms with Crippen LogP contribution in [-0.2, 0) is 4.79 Å². The number of nitrogens with zero attached hydrogens (tertiary/aromatic N) is 1. The van der Waals surface area contributed by atoms with Gasteiger partial charge in [0, 0.05) is 17.3 Å². The van der Waals surface area contributed by atoms with E-state index in [1.54, 1.807) is 0 Å². The van der Waals surface area contributed by atoms with Gasteiger partial charge in [0.1, 0.15) is 0 Å². The Morgan fingerprint density at radius 3 is 2.44 bits per heavy atom. The standard InChI is InChI=1S/C12H19N3O/c1-9-3-4-10(2)15(9)14-12(16)11-5-7-13-8-6-11/h3-4,11,13H,5-8H2,1-2H3,(H,14,16). The molecule has 1 saturated heterocycles. The van der Waals surface area contributed by atoms with Crippen LogP contribution in [0.1, 0.15) is 24.2 Å². The molecule has 0 unspecified atom stereocenters. The van der Waals surface area contributed by atoms with E-state index in [4.69, 9.17) is 0 Å². The molecule has 0 aliphatic carbocycles. The largest absolute Gasteiger partial charge is 0.317 e. The number of aromatic nitrogens is 1. The van der Waals surface area contributed by atoms with Crippen molar-refractivity contribution in [1.82, 2.24) is 9.99 Å². The molecule has 1 fully saturated rings. The number of carbonyl (C=O) groups excluding carboxylic acids is 1. The van der Waals surface area contributed by atoms with Gasteiger partial charge in [-0.3, -0.25) is 14.9 Å². The van der Waals surface area contributed by atoms with E-state index < -0.39 is 0 Å². The topological polar surface area (TPSA) is 46.1 Å². The Bertz CT molecular complexity index is 358. The van der Waals surface area contributed by atoms with Gasteiger partial charge in [-0.2, -0.15) is 0 Å². The summed E-state index contributed by atoms with van der Waals surface area (Å²) in [7, 11) is 0. The van der Waals surface area contributed by atoms with E-state index in [9.17, 15) is 4.79 Å². The van der Waals surface area contributed by atoms with Gasteiger partial charge in [-0.25, -0.2) is 0 Å². The lowest BCUT2D eigenvalue weighted by atomic mass is 9.98. The Kier molecular flexibility index (Phi) is 3.29. The van der Waals surface area contributed by atoms with Crippen LogP contribution in [0.5, 0.6) is 0 Å². The summed E-state index contributed by atoms with van der Waals surface area (Å²) >= 11 is 0. The summed E-state index contributed by atoms with van der Waals surface area (Å²) in [6.07, 6.45) is 1.87. The average Bonchev–Trinajstić information content (AvgIpc) is 2.62. The highest BCUT2D eigenvalue weighted by atomic mass is 16.2. The van der Waals surface area contributed by atoms with Gasteiger partial charge in [0.25, 0.3) is 0 Å². The van der Waals surface area contributed by atoms with Gasteiger partial charge in [0.05, 0.1) is 0 Å². The second-order valence-corrected chi connectivity index (χ2v) is 4.45. The predicted molar refractivity (Wildman–Crippen MR) is 63.9 cm³/mol. The molecule has 0 radical (unpaired) electrons. The number of piperidine rings is 1. The SMILES string of the molecule is Cc1ccc(C)n1NC(=O)C1CCNCC1. The van der Waals surface area contributed by atoms with Crippen molar-refractivity contribution in [1.29, 1.82) is 0 Å². The average molecular weight is 221 g/mol. The molecule has 2 N–H and O–H groups in total. The number of nitrogens with one attached hydrogen (secondary N) is 2. The molecule has 1 aromatic heterocycles. The maximum absolute atomic E-state index is 12.0. The van der Waals surface area contributed by atoms with Crippen LogP contribution in [0.4, 0.5) is 0 Å². The fourth-order valence-corrected chi connectivity index (χ4v) is 2.13. The Morgan fingerprint density at radius 1 is 1.31 bits per heavy atom. The normalized spacial score (nSPS) is 17.4. The van der Waals surface area contributed by atoms with Crippen molar-refractivity contribution in [2.45, 2.75) is 26.7 Å².